The van der Waals surface area contributed by atoms with Crippen molar-refractivity contribution < 1.29 is 4.92 Å². The number of thiophene rings is 1. The van der Waals surface area contributed by atoms with E-state index in [9.17, 15) is 10.1 Å². The molecular formula is C10H11N3O2S2. The minimum absolute atomic E-state index is 0.196. The van der Waals surface area contributed by atoms with E-state index in [4.69, 9.17) is 0 Å². The molecule has 0 amide bonds. The van der Waals surface area contributed by atoms with E-state index in [0.717, 1.165) is 34.9 Å². The predicted molar refractivity (Wildman–Crippen MR) is 68.5 cm³/mol. The predicted octanol–water partition coefficient (Wildman–Crippen LogP) is 2.45. The van der Waals surface area contributed by atoms with Crippen molar-refractivity contribution in [1.82, 2.24) is 10.3 Å². The lowest BCUT2D eigenvalue weighted by Crippen LogP contribution is -2.16. The fourth-order valence-corrected chi connectivity index (χ4v) is 2.71. The van der Waals surface area contributed by atoms with Crippen LogP contribution in [0.15, 0.2) is 23.0 Å². The summed E-state index contributed by atoms with van der Waals surface area (Å²) in [4.78, 5) is 14.3. The van der Waals surface area contributed by atoms with Crippen LogP contribution in [0.4, 0.5) is 5.00 Å². The molecule has 1 N–H and O–H groups in total. The molecule has 0 unspecified atom stereocenters. The molecule has 0 bridgehead atoms. The van der Waals surface area contributed by atoms with Gasteiger partial charge in [-0.25, -0.2) is 4.98 Å². The first kappa shape index (κ1) is 12.2. The molecule has 0 radical (unpaired) electrons. The highest BCUT2D eigenvalue weighted by molar-refractivity contribution is 7.13. The molecule has 2 aromatic heterocycles. The monoisotopic (exact) mass is 269 g/mol. The van der Waals surface area contributed by atoms with Crippen LogP contribution in [0.1, 0.15) is 10.6 Å². The molecule has 0 atom stereocenters. The van der Waals surface area contributed by atoms with Gasteiger partial charge in [0, 0.05) is 42.5 Å². The smallest absolute Gasteiger partial charge is 0.312 e. The number of thiazole rings is 1. The summed E-state index contributed by atoms with van der Waals surface area (Å²) in [5.74, 6) is 0. The third-order valence-corrected chi connectivity index (χ3v) is 3.92. The second-order valence-corrected chi connectivity index (χ2v) is 5.27. The van der Waals surface area contributed by atoms with Crippen molar-refractivity contribution in [2.24, 2.45) is 0 Å². The van der Waals surface area contributed by atoms with E-state index >= 15 is 0 Å². The van der Waals surface area contributed by atoms with Crippen molar-refractivity contribution in [1.29, 1.82) is 0 Å². The Bertz CT molecular complexity index is 481. The van der Waals surface area contributed by atoms with Crippen LogP contribution in [0.5, 0.6) is 0 Å². The molecule has 7 heteroatoms. The van der Waals surface area contributed by atoms with Crippen molar-refractivity contribution in [3.8, 4) is 0 Å². The first-order chi connectivity index (χ1) is 8.25. The molecule has 2 aromatic rings. The molecule has 0 aliphatic heterocycles. The van der Waals surface area contributed by atoms with E-state index in [1.807, 2.05) is 10.8 Å². The summed E-state index contributed by atoms with van der Waals surface area (Å²) >= 11 is 2.80. The number of nitrogens with zero attached hydrogens (tertiary/aromatic N) is 2. The number of nitrogens with one attached hydrogen (secondary N) is 1. The lowest BCUT2D eigenvalue weighted by molar-refractivity contribution is -0.380. The largest absolute Gasteiger partial charge is 0.324 e. The summed E-state index contributed by atoms with van der Waals surface area (Å²) in [6.45, 7) is 1.49. The minimum atomic E-state index is -0.357. The zero-order chi connectivity index (χ0) is 12.1. The molecule has 0 fully saturated rings. The first-order valence-electron chi connectivity index (χ1n) is 5.06. The van der Waals surface area contributed by atoms with E-state index in [2.05, 4.69) is 10.3 Å². The van der Waals surface area contributed by atoms with Gasteiger partial charge in [-0.3, -0.25) is 10.1 Å². The average Bonchev–Trinajstić information content (AvgIpc) is 2.96. The van der Waals surface area contributed by atoms with Gasteiger partial charge in [-0.1, -0.05) is 11.3 Å². The summed E-state index contributed by atoms with van der Waals surface area (Å²) in [6, 6.07) is 1.61. The maximum absolute atomic E-state index is 10.5. The average molecular weight is 269 g/mol. The van der Waals surface area contributed by atoms with Gasteiger partial charge < -0.3 is 5.32 Å². The highest BCUT2D eigenvalue weighted by Gasteiger charge is 2.08. The molecule has 0 aliphatic carbocycles. The maximum atomic E-state index is 10.5. The molecule has 90 valence electrons. The SMILES string of the molecule is O=[N+]([O-])c1cc(CNCCc2nccs2)cs1. The molecule has 17 heavy (non-hydrogen) atoms. The molecule has 2 rings (SSSR count). The van der Waals surface area contributed by atoms with Crippen LogP contribution in [0.2, 0.25) is 0 Å². The van der Waals surface area contributed by atoms with Gasteiger partial charge in [0.2, 0.25) is 0 Å². The summed E-state index contributed by atoms with van der Waals surface area (Å²) < 4.78 is 0. The minimum Gasteiger partial charge on any atom is -0.312 e. The van der Waals surface area contributed by atoms with Crippen LogP contribution < -0.4 is 5.32 Å². The highest BCUT2D eigenvalue weighted by atomic mass is 32.1. The Kier molecular flexibility index (Phi) is 4.18. The van der Waals surface area contributed by atoms with Gasteiger partial charge in [-0.15, -0.1) is 11.3 Å². The van der Waals surface area contributed by atoms with Crippen molar-refractivity contribution in [3.63, 3.8) is 0 Å². The normalized spacial score (nSPS) is 10.6. The van der Waals surface area contributed by atoms with Gasteiger partial charge in [0.25, 0.3) is 0 Å². The summed E-state index contributed by atoms with van der Waals surface area (Å²) in [5, 5.41) is 18.8. The summed E-state index contributed by atoms with van der Waals surface area (Å²) in [6.07, 6.45) is 2.69. The second kappa shape index (κ2) is 5.85. The van der Waals surface area contributed by atoms with Gasteiger partial charge in [0.05, 0.1) is 9.93 Å². The standard InChI is InChI=1S/C10H11N3O2S2/c14-13(15)10-5-8(7-17-10)6-11-2-1-9-12-3-4-16-9/h3-5,7,11H,1-2,6H2. The Hall–Kier alpha value is -1.31. The van der Waals surface area contributed by atoms with Crippen LogP contribution in [-0.2, 0) is 13.0 Å². The summed E-state index contributed by atoms with van der Waals surface area (Å²) in [5.41, 5.74) is 0.959. The van der Waals surface area contributed by atoms with Crippen LogP contribution in [0.3, 0.4) is 0 Å². The van der Waals surface area contributed by atoms with E-state index in [-0.39, 0.29) is 9.92 Å². The van der Waals surface area contributed by atoms with Gasteiger partial charge in [0.15, 0.2) is 0 Å². The van der Waals surface area contributed by atoms with Crippen molar-refractivity contribution in [3.05, 3.63) is 43.7 Å². The van der Waals surface area contributed by atoms with E-state index in [1.165, 1.54) is 0 Å². The summed E-state index contributed by atoms with van der Waals surface area (Å²) in [7, 11) is 0. The van der Waals surface area contributed by atoms with E-state index in [1.54, 1.807) is 23.6 Å². The van der Waals surface area contributed by atoms with Crippen LogP contribution in [0.25, 0.3) is 0 Å². The quantitative estimate of drug-likeness (QED) is 0.497. The third kappa shape index (κ3) is 3.58. The Morgan fingerprint density at radius 2 is 2.35 bits per heavy atom. The van der Waals surface area contributed by atoms with Crippen molar-refractivity contribution >= 4 is 27.7 Å². The van der Waals surface area contributed by atoms with E-state index < -0.39 is 0 Å². The van der Waals surface area contributed by atoms with Crippen molar-refractivity contribution in [2.75, 3.05) is 6.54 Å². The number of hydrogen-bond acceptors (Lipinski definition) is 6. The molecule has 0 saturated carbocycles. The van der Waals surface area contributed by atoms with Crippen molar-refractivity contribution in [2.45, 2.75) is 13.0 Å². The third-order valence-electron chi connectivity index (χ3n) is 2.15. The van der Waals surface area contributed by atoms with Gasteiger partial charge in [0.1, 0.15) is 0 Å². The Balaban J connectivity index is 1.72. The number of aromatic nitrogens is 1. The topological polar surface area (TPSA) is 68.1 Å². The fourth-order valence-electron chi connectivity index (χ4n) is 1.36. The zero-order valence-electron chi connectivity index (χ0n) is 8.96. The molecule has 2 heterocycles. The number of hydrogen-bond donors (Lipinski definition) is 1. The lowest BCUT2D eigenvalue weighted by Gasteiger charge is -2.00. The van der Waals surface area contributed by atoms with E-state index in [0.29, 0.717) is 6.54 Å². The number of rotatable bonds is 6. The molecule has 0 saturated heterocycles. The highest BCUT2D eigenvalue weighted by Crippen LogP contribution is 2.22. The number of nitro groups is 1. The zero-order valence-corrected chi connectivity index (χ0v) is 10.6. The fraction of sp³-hybridized carbons (Fsp3) is 0.300. The Morgan fingerprint density at radius 1 is 1.47 bits per heavy atom. The van der Waals surface area contributed by atoms with Crippen LogP contribution in [-0.4, -0.2) is 16.5 Å². The van der Waals surface area contributed by atoms with Gasteiger partial charge in [-0.05, 0) is 5.56 Å². The Morgan fingerprint density at radius 3 is 3.00 bits per heavy atom. The molecule has 0 spiro atoms. The van der Waals surface area contributed by atoms with Crippen LogP contribution in [0, 0.1) is 10.1 Å². The first-order valence-corrected chi connectivity index (χ1v) is 6.82. The molecular weight excluding hydrogens is 258 g/mol. The van der Waals surface area contributed by atoms with Gasteiger partial charge >= 0.3 is 5.00 Å². The van der Waals surface area contributed by atoms with Gasteiger partial charge in [-0.2, -0.15) is 0 Å². The van der Waals surface area contributed by atoms with Crippen LogP contribution >= 0.6 is 22.7 Å². The molecule has 0 aromatic carbocycles. The molecule has 5 nitrogen and oxygen atoms in total. The maximum Gasteiger partial charge on any atom is 0.324 e. The second-order valence-electron chi connectivity index (χ2n) is 3.40. The Labute approximate surface area is 106 Å². The molecule has 0 aliphatic rings. The lowest BCUT2D eigenvalue weighted by atomic mass is 10.3.